The van der Waals surface area contributed by atoms with Gasteiger partial charge in [0, 0.05) is 15.4 Å². The van der Waals surface area contributed by atoms with Gasteiger partial charge in [-0.1, -0.05) is 15.9 Å². The Morgan fingerprint density at radius 2 is 2.11 bits per heavy atom. The van der Waals surface area contributed by atoms with Crippen molar-refractivity contribution in [1.29, 1.82) is 0 Å². The highest BCUT2D eigenvalue weighted by atomic mass is 79.9. The Labute approximate surface area is 118 Å². The van der Waals surface area contributed by atoms with Crippen LogP contribution in [0, 0.1) is 0 Å². The highest BCUT2D eigenvalue weighted by molar-refractivity contribution is 9.10. The van der Waals surface area contributed by atoms with Gasteiger partial charge in [-0.2, -0.15) is 5.10 Å². The van der Waals surface area contributed by atoms with Gasteiger partial charge in [0.05, 0.1) is 11.4 Å². The second-order valence-corrected chi connectivity index (χ2v) is 6.00. The number of amides is 1. The maximum Gasteiger partial charge on any atom is 0.238 e. The largest absolute Gasteiger partial charge is 0.310 e. The zero-order valence-electron chi connectivity index (χ0n) is 9.68. The van der Waals surface area contributed by atoms with Crippen LogP contribution in [0.1, 0.15) is 6.92 Å². The van der Waals surface area contributed by atoms with Gasteiger partial charge in [0.25, 0.3) is 0 Å². The van der Waals surface area contributed by atoms with E-state index in [1.807, 2.05) is 31.2 Å². The lowest BCUT2D eigenvalue weighted by Crippen LogP contribution is -2.22. The molecule has 2 aromatic rings. The van der Waals surface area contributed by atoms with Gasteiger partial charge in [-0.05, 0) is 31.2 Å². The van der Waals surface area contributed by atoms with Crippen LogP contribution in [0.15, 0.2) is 45.9 Å². The second-order valence-electron chi connectivity index (χ2n) is 3.67. The molecular formula is C12H12BrN3OS. The molecule has 0 saturated carbocycles. The average Bonchev–Trinajstić information content (AvgIpc) is 2.85. The van der Waals surface area contributed by atoms with Crippen LogP contribution in [0.3, 0.4) is 0 Å². The third-order valence-electron chi connectivity index (χ3n) is 2.25. The SMILES string of the molecule is CC(Sc1ccc(Br)cc1)C(=O)Nc1ccn[nH]1. The maximum atomic E-state index is 11.9. The van der Waals surface area contributed by atoms with E-state index in [0.29, 0.717) is 5.82 Å². The van der Waals surface area contributed by atoms with E-state index in [1.54, 1.807) is 12.3 Å². The monoisotopic (exact) mass is 325 g/mol. The van der Waals surface area contributed by atoms with E-state index in [0.717, 1.165) is 9.37 Å². The molecule has 2 N–H and O–H groups in total. The Hall–Kier alpha value is -1.27. The Balaban J connectivity index is 1.93. The summed E-state index contributed by atoms with van der Waals surface area (Å²) in [5.74, 6) is 0.565. The lowest BCUT2D eigenvalue weighted by molar-refractivity contribution is -0.115. The van der Waals surface area contributed by atoms with Crippen molar-refractivity contribution in [2.75, 3.05) is 5.32 Å². The van der Waals surface area contributed by atoms with Gasteiger partial charge in [-0.25, -0.2) is 0 Å². The summed E-state index contributed by atoms with van der Waals surface area (Å²) in [4.78, 5) is 13.0. The third-order valence-corrected chi connectivity index (χ3v) is 3.89. The zero-order valence-corrected chi connectivity index (χ0v) is 12.1. The maximum absolute atomic E-state index is 11.9. The van der Waals surface area contributed by atoms with E-state index in [9.17, 15) is 4.79 Å². The summed E-state index contributed by atoms with van der Waals surface area (Å²) >= 11 is 4.90. The average molecular weight is 326 g/mol. The Kier molecular flexibility index (Phi) is 4.43. The van der Waals surface area contributed by atoms with Crippen molar-refractivity contribution in [2.45, 2.75) is 17.1 Å². The predicted molar refractivity (Wildman–Crippen MR) is 76.7 cm³/mol. The molecule has 1 aromatic heterocycles. The quantitative estimate of drug-likeness (QED) is 0.848. The number of hydrogen-bond acceptors (Lipinski definition) is 3. The summed E-state index contributed by atoms with van der Waals surface area (Å²) in [5, 5.41) is 9.07. The van der Waals surface area contributed by atoms with Crippen molar-refractivity contribution in [3.05, 3.63) is 41.0 Å². The number of aromatic amines is 1. The summed E-state index contributed by atoms with van der Waals surface area (Å²) < 4.78 is 1.03. The van der Waals surface area contributed by atoms with Crippen LogP contribution in [0.4, 0.5) is 5.82 Å². The molecule has 1 atom stereocenters. The minimum absolute atomic E-state index is 0.0489. The number of aromatic nitrogens is 2. The topological polar surface area (TPSA) is 57.8 Å². The van der Waals surface area contributed by atoms with Crippen LogP contribution in [-0.4, -0.2) is 21.4 Å². The first kappa shape index (κ1) is 13.2. The molecule has 1 unspecified atom stereocenters. The Morgan fingerprint density at radius 1 is 1.39 bits per heavy atom. The summed E-state index contributed by atoms with van der Waals surface area (Å²) in [6.45, 7) is 1.87. The van der Waals surface area contributed by atoms with Crippen LogP contribution in [-0.2, 0) is 4.79 Å². The summed E-state index contributed by atoms with van der Waals surface area (Å²) in [6.07, 6.45) is 1.60. The number of thioether (sulfide) groups is 1. The van der Waals surface area contributed by atoms with Gasteiger partial charge in [-0.3, -0.25) is 9.89 Å². The predicted octanol–water partition coefficient (Wildman–Crippen LogP) is 3.29. The first-order valence-corrected chi connectivity index (χ1v) is 7.05. The van der Waals surface area contributed by atoms with Gasteiger partial charge < -0.3 is 5.32 Å². The number of nitrogens with one attached hydrogen (secondary N) is 2. The number of nitrogens with zero attached hydrogens (tertiary/aromatic N) is 1. The lowest BCUT2D eigenvalue weighted by atomic mass is 10.4. The van der Waals surface area contributed by atoms with Crippen molar-refractivity contribution in [3.8, 4) is 0 Å². The van der Waals surface area contributed by atoms with Crippen molar-refractivity contribution in [3.63, 3.8) is 0 Å². The normalized spacial score (nSPS) is 12.1. The van der Waals surface area contributed by atoms with Crippen molar-refractivity contribution in [1.82, 2.24) is 10.2 Å². The number of anilines is 1. The number of H-pyrrole nitrogens is 1. The zero-order chi connectivity index (χ0) is 13.0. The lowest BCUT2D eigenvalue weighted by Gasteiger charge is -2.10. The molecule has 0 saturated heterocycles. The standard InChI is InChI=1S/C12H12BrN3OS/c1-8(12(17)15-11-6-7-14-16-11)18-10-4-2-9(13)3-5-10/h2-8H,1H3,(H2,14,15,16,17). The molecule has 94 valence electrons. The molecule has 2 rings (SSSR count). The summed E-state index contributed by atoms with van der Waals surface area (Å²) in [7, 11) is 0. The highest BCUT2D eigenvalue weighted by Crippen LogP contribution is 2.25. The number of benzene rings is 1. The first-order valence-electron chi connectivity index (χ1n) is 5.37. The fraction of sp³-hybridized carbons (Fsp3) is 0.167. The number of carbonyl (C=O) groups excluding carboxylic acids is 1. The first-order chi connectivity index (χ1) is 8.65. The molecule has 0 fully saturated rings. The number of halogens is 1. The third kappa shape index (κ3) is 3.61. The number of rotatable bonds is 4. The molecule has 1 amide bonds. The highest BCUT2D eigenvalue weighted by Gasteiger charge is 2.14. The van der Waals surface area contributed by atoms with Crippen LogP contribution in [0.25, 0.3) is 0 Å². The smallest absolute Gasteiger partial charge is 0.238 e. The molecule has 0 radical (unpaired) electrons. The van der Waals surface area contributed by atoms with Gasteiger partial charge >= 0.3 is 0 Å². The molecule has 0 spiro atoms. The fourth-order valence-corrected chi connectivity index (χ4v) is 2.46. The van der Waals surface area contributed by atoms with Gasteiger partial charge in [0.2, 0.25) is 5.91 Å². The number of carbonyl (C=O) groups is 1. The fourth-order valence-electron chi connectivity index (χ4n) is 1.33. The molecule has 4 nitrogen and oxygen atoms in total. The van der Waals surface area contributed by atoms with Gasteiger partial charge in [0.1, 0.15) is 5.82 Å². The van der Waals surface area contributed by atoms with Crippen molar-refractivity contribution >= 4 is 39.4 Å². The van der Waals surface area contributed by atoms with Crippen LogP contribution in [0.5, 0.6) is 0 Å². The van der Waals surface area contributed by atoms with Gasteiger partial charge in [0.15, 0.2) is 0 Å². The van der Waals surface area contributed by atoms with E-state index < -0.39 is 0 Å². The molecule has 0 aliphatic carbocycles. The van der Waals surface area contributed by atoms with Crippen LogP contribution >= 0.6 is 27.7 Å². The molecule has 18 heavy (non-hydrogen) atoms. The second kappa shape index (κ2) is 6.06. The Morgan fingerprint density at radius 3 is 2.72 bits per heavy atom. The van der Waals surface area contributed by atoms with Crippen LogP contribution < -0.4 is 5.32 Å². The van der Waals surface area contributed by atoms with Gasteiger partial charge in [-0.15, -0.1) is 11.8 Å². The molecule has 0 aliphatic heterocycles. The molecule has 1 heterocycles. The van der Waals surface area contributed by atoms with E-state index in [2.05, 4.69) is 31.4 Å². The molecule has 0 bridgehead atoms. The molecular weight excluding hydrogens is 314 g/mol. The minimum atomic E-state index is -0.172. The molecule has 1 aromatic carbocycles. The minimum Gasteiger partial charge on any atom is -0.310 e. The van der Waals surface area contributed by atoms with Crippen molar-refractivity contribution < 1.29 is 4.79 Å². The number of hydrogen-bond donors (Lipinski definition) is 2. The van der Waals surface area contributed by atoms with E-state index >= 15 is 0 Å². The summed E-state index contributed by atoms with van der Waals surface area (Å²) in [5.41, 5.74) is 0. The molecule has 6 heteroatoms. The summed E-state index contributed by atoms with van der Waals surface area (Å²) in [6, 6.07) is 9.60. The molecule has 0 aliphatic rings. The van der Waals surface area contributed by atoms with Crippen LogP contribution in [0.2, 0.25) is 0 Å². The van der Waals surface area contributed by atoms with E-state index in [1.165, 1.54) is 11.8 Å². The Bertz CT molecular complexity index is 513. The van der Waals surface area contributed by atoms with E-state index in [4.69, 9.17) is 0 Å². The van der Waals surface area contributed by atoms with Crippen molar-refractivity contribution in [2.24, 2.45) is 0 Å². The van der Waals surface area contributed by atoms with E-state index in [-0.39, 0.29) is 11.2 Å².